The van der Waals surface area contributed by atoms with Crippen LogP contribution in [0.4, 0.5) is 0 Å². The summed E-state index contributed by atoms with van der Waals surface area (Å²) in [6.07, 6.45) is 4.57. The summed E-state index contributed by atoms with van der Waals surface area (Å²) in [4.78, 5) is 4.27. The number of aryl methyl sites for hydroxylation is 2. The smallest absolute Gasteiger partial charge is 0.190 e. The average Bonchev–Trinajstić information content (AvgIpc) is 3.08. The molecule has 1 aromatic carbocycles. The zero-order chi connectivity index (χ0) is 17.9. The van der Waals surface area contributed by atoms with Gasteiger partial charge in [0.2, 0.25) is 0 Å². The summed E-state index contributed by atoms with van der Waals surface area (Å²) in [5.41, 5.74) is 4.00. The largest absolute Gasteiger partial charge is 0.379 e. The molecule has 6 heteroatoms. The highest BCUT2D eigenvalue weighted by atomic mass is 127. The van der Waals surface area contributed by atoms with Crippen LogP contribution in [0, 0.1) is 13.8 Å². The minimum absolute atomic E-state index is 0. The van der Waals surface area contributed by atoms with Gasteiger partial charge in [-0.25, -0.2) is 0 Å². The molecule has 0 radical (unpaired) electrons. The number of rotatable bonds is 9. The van der Waals surface area contributed by atoms with Gasteiger partial charge in [-0.05, 0) is 45.1 Å². The first kappa shape index (κ1) is 23.2. The van der Waals surface area contributed by atoms with Crippen LogP contribution in [-0.2, 0) is 15.9 Å². The predicted molar refractivity (Wildman–Crippen MR) is 119 cm³/mol. The van der Waals surface area contributed by atoms with Crippen molar-refractivity contribution in [2.45, 2.75) is 45.6 Å². The Balaban J connectivity index is 0.00000338. The van der Waals surface area contributed by atoms with Crippen LogP contribution in [-0.4, -0.2) is 52.0 Å². The minimum atomic E-state index is 0. The summed E-state index contributed by atoms with van der Waals surface area (Å²) in [6.45, 7) is 8.39. The molecule has 1 aromatic rings. The summed E-state index contributed by atoms with van der Waals surface area (Å²) in [5.74, 6) is 0.850. The Hall–Kier alpha value is -0.860. The summed E-state index contributed by atoms with van der Waals surface area (Å²) in [5, 5.41) is 6.71. The fraction of sp³-hybridized carbons (Fsp3) is 0.650. The van der Waals surface area contributed by atoms with Gasteiger partial charge in [0.25, 0.3) is 0 Å². The standard InChI is InChI=1S/C20H33N3O2.HI/c1-16-12-17(2)14-18(13-16)7-9-23-20(21-3)22-8-5-10-24-15-19-6-4-11-25-19;/h12-14,19H,4-11,15H2,1-3H3,(H2,21,22,23);1H. The van der Waals surface area contributed by atoms with E-state index in [1.165, 1.54) is 23.1 Å². The first-order valence-corrected chi connectivity index (χ1v) is 9.38. The lowest BCUT2D eigenvalue weighted by Crippen LogP contribution is -2.39. The van der Waals surface area contributed by atoms with Crippen molar-refractivity contribution < 1.29 is 9.47 Å². The molecule has 2 N–H and O–H groups in total. The van der Waals surface area contributed by atoms with Crippen LogP contribution in [0.15, 0.2) is 23.2 Å². The Bertz CT molecular complexity index is 526. The normalized spacial score (nSPS) is 17.0. The molecule has 1 fully saturated rings. The van der Waals surface area contributed by atoms with Crippen LogP contribution in [0.25, 0.3) is 0 Å². The molecule has 0 aliphatic carbocycles. The van der Waals surface area contributed by atoms with E-state index in [-0.39, 0.29) is 24.0 Å². The number of guanidine groups is 1. The van der Waals surface area contributed by atoms with Gasteiger partial charge in [0.1, 0.15) is 0 Å². The summed E-state index contributed by atoms with van der Waals surface area (Å²) >= 11 is 0. The third kappa shape index (κ3) is 9.19. The van der Waals surface area contributed by atoms with E-state index in [2.05, 4.69) is 47.7 Å². The van der Waals surface area contributed by atoms with Gasteiger partial charge < -0.3 is 20.1 Å². The highest BCUT2D eigenvalue weighted by Gasteiger charge is 2.14. The van der Waals surface area contributed by atoms with Crippen molar-refractivity contribution in [1.82, 2.24) is 10.6 Å². The lowest BCUT2D eigenvalue weighted by Gasteiger charge is -2.13. The Labute approximate surface area is 175 Å². The van der Waals surface area contributed by atoms with Gasteiger partial charge >= 0.3 is 0 Å². The molecule has 2 rings (SSSR count). The second-order valence-corrected chi connectivity index (χ2v) is 6.74. The zero-order valence-electron chi connectivity index (χ0n) is 16.3. The fourth-order valence-corrected chi connectivity index (χ4v) is 3.13. The number of halogens is 1. The molecule has 1 aliphatic heterocycles. The van der Waals surface area contributed by atoms with Crippen LogP contribution >= 0.6 is 24.0 Å². The van der Waals surface area contributed by atoms with Crippen LogP contribution in [0.3, 0.4) is 0 Å². The SMILES string of the molecule is CN=C(NCCCOCC1CCCO1)NCCc1cc(C)cc(C)c1.I. The molecule has 1 heterocycles. The molecule has 26 heavy (non-hydrogen) atoms. The van der Waals surface area contributed by atoms with E-state index in [0.717, 1.165) is 58.1 Å². The van der Waals surface area contributed by atoms with E-state index in [1.807, 2.05) is 0 Å². The fourth-order valence-electron chi connectivity index (χ4n) is 3.13. The molecule has 1 saturated heterocycles. The van der Waals surface area contributed by atoms with Gasteiger partial charge in [0, 0.05) is 33.4 Å². The third-order valence-electron chi connectivity index (χ3n) is 4.30. The molecule has 1 unspecified atom stereocenters. The Morgan fingerprint density at radius 1 is 1.19 bits per heavy atom. The zero-order valence-corrected chi connectivity index (χ0v) is 18.7. The minimum Gasteiger partial charge on any atom is -0.379 e. The lowest BCUT2D eigenvalue weighted by atomic mass is 10.1. The van der Waals surface area contributed by atoms with Gasteiger partial charge in [0.05, 0.1) is 12.7 Å². The van der Waals surface area contributed by atoms with Crippen LogP contribution in [0.5, 0.6) is 0 Å². The van der Waals surface area contributed by atoms with E-state index < -0.39 is 0 Å². The number of nitrogens with zero attached hydrogens (tertiary/aromatic N) is 1. The summed E-state index contributed by atoms with van der Waals surface area (Å²) < 4.78 is 11.2. The second kappa shape index (κ2) is 13.3. The first-order valence-electron chi connectivity index (χ1n) is 9.38. The quantitative estimate of drug-likeness (QED) is 0.249. The van der Waals surface area contributed by atoms with Crippen molar-refractivity contribution in [2.24, 2.45) is 4.99 Å². The number of aliphatic imine (C=N–C) groups is 1. The van der Waals surface area contributed by atoms with E-state index >= 15 is 0 Å². The molecule has 0 bridgehead atoms. The number of nitrogens with one attached hydrogen (secondary N) is 2. The maximum absolute atomic E-state index is 5.67. The summed E-state index contributed by atoms with van der Waals surface area (Å²) in [7, 11) is 1.81. The van der Waals surface area contributed by atoms with Crippen molar-refractivity contribution in [3.63, 3.8) is 0 Å². The molecule has 1 aliphatic rings. The lowest BCUT2D eigenvalue weighted by molar-refractivity contribution is 0.0168. The number of hydrogen-bond donors (Lipinski definition) is 2. The van der Waals surface area contributed by atoms with E-state index in [4.69, 9.17) is 9.47 Å². The maximum Gasteiger partial charge on any atom is 0.190 e. The van der Waals surface area contributed by atoms with Gasteiger partial charge in [-0.3, -0.25) is 4.99 Å². The van der Waals surface area contributed by atoms with Gasteiger partial charge in [0.15, 0.2) is 5.96 Å². The monoisotopic (exact) mass is 475 g/mol. The van der Waals surface area contributed by atoms with E-state index in [1.54, 1.807) is 7.05 Å². The Morgan fingerprint density at radius 3 is 2.58 bits per heavy atom. The van der Waals surface area contributed by atoms with Crippen molar-refractivity contribution >= 4 is 29.9 Å². The first-order chi connectivity index (χ1) is 12.2. The van der Waals surface area contributed by atoms with Gasteiger partial charge in [-0.2, -0.15) is 0 Å². The number of ether oxygens (including phenoxy) is 2. The predicted octanol–water partition coefficient (Wildman–Crippen LogP) is 3.21. The molecule has 148 valence electrons. The Morgan fingerprint density at radius 2 is 1.92 bits per heavy atom. The molecular formula is C20H34IN3O2. The molecule has 1 atom stereocenters. The van der Waals surface area contributed by atoms with Crippen LogP contribution in [0.2, 0.25) is 0 Å². The van der Waals surface area contributed by atoms with Crippen LogP contribution < -0.4 is 10.6 Å². The van der Waals surface area contributed by atoms with Crippen molar-refractivity contribution in [1.29, 1.82) is 0 Å². The molecule has 0 amide bonds. The highest BCUT2D eigenvalue weighted by Crippen LogP contribution is 2.12. The maximum atomic E-state index is 5.67. The van der Waals surface area contributed by atoms with Crippen molar-refractivity contribution in [3.05, 3.63) is 34.9 Å². The van der Waals surface area contributed by atoms with E-state index in [9.17, 15) is 0 Å². The van der Waals surface area contributed by atoms with Gasteiger partial charge in [-0.1, -0.05) is 29.3 Å². The third-order valence-corrected chi connectivity index (χ3v) is 4.30. The van der Waals surface area contributed by atoms with E-state index in [0.29, 0.717) is 6.10 Å². The molecule has 0 spiro atoms. The van der Waals surface area contributed by atoms with Crippen molar-refractivity contribution in [3.8, 4) is 0 Å². The van der Waals surface area contributed by atoms with Crippen LogP contribution in [0.1, 0.15) is 36.0 Å². The molecule has 0 saturated carbocycles. The van der Waals surface area contributed by atoms with Crippen molar-refractivity contribution in [2.75, 3.05) is 40.0 Å². The second-order valence-electron chi connectivity index (χ2n) is 6.74. The molecule has 5 nitrogen and oxygen atoms in total. The number of hydrogen-bond acceptors (Lipinski definition) is 3. The molecule has 0 aromatic heterocycles. The highest BCUT2D eigenvalue weighted by molar-refractivity contribution is 14.0. The number of benzene rings is 1. The summed E-state index contributed by atoms with van der Waals surface area (Å²) in [6, 6.07) is 6.70. The topological polar surface area (TPSA) is 54.9 Å². The Kier molecular flexibility index (Phi) is 11.9. The van der Waals surface area contributed by atoms with Gasteiger partial charge in [-0.15, -0.1) is 24.0 Å². The average molecular weight is 475 g/mol. The molecular weight excluding hydrogens is 441 g/mol.